The molecule has 5 nitrogen and oxygen atoms in total. The van der Waals surface area contributed by atoms with Crippen LogP contribution in [0.2, 0.25) is 0 Å². The van der Waals surface area contributed by atoms with Crippen molar-refractivity contribution in [2.45, 2.75) is 57.5 Å². The molecule has 0 aromatic heterocycles. The van der Waals surface area contributed by atoms with Crippen LogP contribution in [0, 0.1) is 0 Å². The summed E-state index contributed by atoms with van der Waals surface area (Å²) in [4.78, 5) is 0. The van der Waals surface area contributed by atoms with Crippen LogP contribution in [0.15, 0.2) is 0 Å². The molecule has 16 heavy (non-hydrogen) atoms. The summed E-state index contributed by atoms with van der Waals surface area (Å²) in [6.07, 6.45) is 5.83. The zero-order chi connectivity index (χ0) is 12.0. The monoisotopic (exact) mass is 249 g/mol. The van der Waals surface area contributed by atoms with Gasteiger partial charge >= 0.3 is 0 Å². The van der Waals surface area contributed by atoms with Gasteiger partial charge in [0.05, 0.1) is 0 Å². The van der Waals surface area contributed by atoms with E-state index < -0.39 is 10.2 Å². The van der Waals surface area contributed by atoms with Crippen LogP contribution in [0.1, 0.15) is 45.4 Å². The molecule has 1 saturated carbocycles. The standard InChI is InChI=1S/C10H23N3O2S/c1-2-8-12-16(14,15)13-10-7-5-3-4-6-9(10)11/h9-10,12-13H,2-8,11H2,1H3. The molecule has 0 aromatic carbocycles. The van der Waals surface area contributed by atoms with E-state index in [1.54, 1.807) is 0 Å². The Kier molecular flexibility index (Phi) is 5.68. The molecule has 2 unspecified atom stereocenters. The Labute approximate surface area is 98.4 Å². The first kappa shape index (κ1) is 13.9. The van der Waals surface area contributed by atoms with Crippen LogP contribution >= 0.6 is 0 Å². The van der Waals surface area contributed by atoms with Crippen molar-refractivity contribution in [3.8, 4) is 0 Å². The maximum atomic E-state index is 11.6. The van der Waals surface area contributed by atoms with Crippen molar-refractivity contribution in [1.82, 2.24) is 9.44 Å². The minimum absolute atomic E-state index is 0.0549. The van der Waals surface area contributed by atoms with Crippen LogP contribution in [0.3, 0.4) is 0 Å². The second-order valence-electron chi connectivity index (χ2n) is 4.42. The molecule has 96 valence electrons. The molecule has 0 aliphatic heterocycles. The van der Waals surface area contributed by atoms with Crippen LogP contribution in [0.4, 0.5) is 0 Å². The fraction of sp³-hybridized carbons (Fsp3) is 1.00. The number of rotatable bonds is 5. The lowest BCUT2D eigenvalue weighted by atomic mass is 10.1. The van der Waals surface area contributed by atoms with Crippen molar-refractivity contribution in [2.24, 2.45) is 5.73 Å². The first-order valence-electron chi connectivity index (χ1n) is 6.07. The lowest BCUT2D eigenvalue weighted by Gasteiger charge is -2.22. The molecular weight excluding hydrogens is 226 g/mol. The smallest absolute Gasteiger partial charge is 0.277 e. The summed E-state index contributed by atoms with van der Waals surface area (Å²) in [5, 5.41) is 0. The molecule has 2 atom stereocenters. The highest BCUT2D eigenvalue weighted by molar-refractivity contribution is 7.87. The molecule has 1 aliphatic rings. The van der Waals surface area contributed by atoms with E-state index in [0.29, 0.717) is 6.54 Å². The molecule has 1 fully saturated rings. The van der Waals surface area contributed by atoms with Gasteiger partial charge in [-0.3, -0.25) is 0 Å². The molecule has 0 aromatic rings. The second kappa shape index (κ2) is 6.54. The normalized spacial score (nSPS) is 27.6. The molecule has 0 bridgehead atoms. The van der Waals surface area contributed by atoms with Crippen molar-refractivity contribution in [2.75, 3.05) is 6.54 Å². The quantitative estimate of drug-likeness (QED) is 0.620. The van der Waals surface area contributed by atoms with Crippen LogP contribution in [-0.2, 0) is 10.2 Å². The van der Waals surface area contributed by atoms with Crippen molar-refractivity contribution in [3.63, 3.8) is 0 Å². The SMILES string of the molecule is CCCNS(=O)(=O)NC1CCCCCC1N. The van der Waals surface area contributed by atoms with Gasteiger partial charge in [-0.1, -0.05) is 26.2 Å². The van der Waals surface area contributed by atoms with Crippen LogP contribution < -0.4 is 15.2 Å². The molecule has 6 heteroatoms. The van der Waals surface area contributed by atoms with Crippen LogP contribution in [-0.4, -0.2) is 27.0 Å². The maximum Gasteiger partial charge on any atom is 0.277 e. The van der Waals surface area contributed by atoms with E-state index in [1.165, 1.54) is 0 Å². The van der Waals surface area contributed by atoms with Crippen molar-refractivity contribution < 1.29 is 8.42 Å². The highest BCUT2D eigenvalue weighted by atomic mass is 32.2. The molecule has 1 rings (SSSR count). The van der Waals surface area contributed by atoms with E-state index in [2.05, 4.69) is 9.44 Å². The zero-order valence-corrected chi connectivity index (χ0v) is 10.7. The predicted octanol–water partition coefficient (Wildman–Crippen LogP) is 0.480. The molecule has 0 spiro atoms. The zero-order valence-electron chi connectivity index (χ0n) is 9.91. The Balaban J connectivity index is 2.50. The number of hydrogen-bond donors (Lipinski definition) is 3. The Morgan fingerprint density at radius 3 is 2.62 bits per heavy atom. The van der Waals surface area contributed by atoms with Crippen LogP contribution in [0.5, 0.6) is 0 Å². The molecule has 0 heterocycles. The van der Waals surface area contributed by atoms with Gasteiger partial charge < -0.3 is 5.73 Å². The van der Waals surface area contributed by atoms with Crippen LogP contribution in [0.25, 0.3) is 0 Å². The molecule has 4 N–H and O–H groups in total. The van der Waals surface area contributed by atoms with E-state index >= 15 is 0 Å². The Morgan fingerprint density at radius 2 is 1.94 bits per heavy atom. The summed E-state index contributed by atoms with van der Waals surface area (Å²) in [6.45, 7) is 2.40. The van der Waals surface area contributed by atoms with Gasteiger partial charge in [0.1, 0.15) is 0 Å². The number of hydrogen-bond acceptors (Lipinski definition) is 3. The van der Waals surface area contributed by atoms with Gasteiger partial charge in [-0.15, -0.1) is 0 Å². The van der Waals surface area contributed by atoms with E-state index in [1.807, 2.05) is 6.92 Å². The minimum atomic E-state index is -3.37. The first-order valence-corrected chi connectivity index (χ1v) is 7.56. The van der Waals surface area contributed by atoms with E-state index in [-0.39, 0.29) is 12.1 Å². The fourth-order valence-corrected chi connectivity index (χ4v) is 3.21. The highest BCUT2D eigenvalue weighted by Crippen LogP contribution is 2.17. The summed E-state index contributed by atoms with van der Waals surface area (Å²) in [7, 11) is -3.37. The molecule has 1 aliphatic carbocycles. The van der Waals surface area contributed by atoms with E-state index in [9.17, 15) is 8.42 Å². The maximum absolute atomic E-state index is 11.6. The van der Waals surface area contributed by atoms with Gasteiger partial charge in [0.15, 0.2) is 0 Å². The summed E-state index contributed by atoms with van der Waals surface area (Å²) >= 11 is 0. The second-order valence-corrected chi connectivity index (χ2v) is 5.96. The van der Waals surface area contributed by atoms with E-state index in [4.69, 9.17) is 5.73 Å². The Morgan fingerprint density at radius 1 is 1.25 bits per heavy atom. The van der Waals surface area contributed by atoms with Crippen molar-refractivity contribution in [1.29, 1.82) is 0 Å². The lowest BCUT2D eigenvalue weighted by molar-refractivity contribution is 0.452. The van der Waals surface area contributed by atoms with E-state index in [0.717, 1.165) is 38.5 Å². The van der Waals surface area contributed by atoms with Gasteiger partial charge in [0.2, 0.25) is 0 Å². The van der Waals surface area contributed by atoms with Gasteiger partial charge in [-0.05, 0) is 19.3 Å². The van der Waals surface area contributed by atoms with Crippen molar-refractivity contribution >= 4 is 10.2 Å². The average molecular weight is 249 g/mol. The third kappa shape index (κ3) is 4.78. The largest absolute Gasteiger partial charge is 0.326 e. The van der Waals surface area contributed by atoms with Gasteiger partial charge in [0, 0.05) is 18.6 Å². The summed E-state index contributed by atoms with van der Waals surface area (Å²) in [6, 6.07) is -0.169. The fourth-order valence-electron chi connectivity index (χ4n) is 1.96. The number of nitrogens with one attached hydrogen (secondary N) is 2. The summed E-state index contributed by atoms with van der Waals surface area (Å²) in [5.74, 6) is 0. The molecular formula is C10H23N3O2S. The minimum Gasteiger partial charge on any atom is -0.326 e. The Bertz CT molecular complexity index is 292. The topological polar surface area (TPSA) is 84.2 Å². The third-order valence-electron chi connectivity index (χ3n) is 2.92. The molecule has 0 saturated heterocycles. The number of nitrogens with two attached hydrogens (primary N) is 1. The first-order chi connectivity index (χ1) is 7.55. The van der Waals surface area contributed by atoms with Gasteiger partial charge in [0.25, 0.3) is 10.2 Å². The predicted molar refractivity (Wildman–Crippen MR) is 65.2 cm³/mol. The molecule has 0 radical (unpaired) electrons. The highest BCUT2D eigenvalue weighted by Gasteiger charge is 2.24. The lowest BCUT2D eigenvalue weighted by Crippen LogP contribution is -2.50. The summed E-state index contributed by atoms with van der Waals surface area (Å²) in [5.41, 5.74) is 5.96. The van der Waals surface area contributed by atoms with Gasteiger partial charge in [-0.25, -0.2) is 4.72 Å². The molecule has 0 amide bonds. The van der Waals surface area contributed by atoms with Gasteiger partial charge in [-0.2, -0.15) is 13.1 Å². The average Bonchev–Trinajstić information content (AvgIpc) is 2.41. The third-order valence-corrected chi connectivity index (χ3v) is 4.12. The summed E-state index contributed by atoms with van der Waals surface area (Å²) < 4.78 is 28.4. The Hall–Kier alpha value is -0.170. The van der Waals surface area contributed by atoms with Crippen molar-refractivity contribution in [3.05, 3.63) is 0 Å².